The Morgan fingerprint density at radius 3 is 3.00 bits per heavy atom. The van der Waals surface area contributed by atoms with Gasteiger partial charge in [-0.1, -0.05) is 25.6 Å². The molecule has 0 spiro atoms. The molecule has 0 saturated carbocycles. The molecule has 1 aliphatic rings. The zero-order valence-corrected chi connectivity index (χ0v) is 14.2. The maximum Gasteiger partial charge on any atom is 0.258 e. The second-order valence-electron chi connectivity index (χ2n) is 5.65. The van der Waals surface area contributed by atoms with Gasteiger partial charge >= 0.3 is 0 Å². The van der Waals surface area contributed by atoms with Gasteiger partial charge in [0.1, 0.15) is 0 Å². The predicted molar refractivity (Wildman–Crippen MR) is 87.9 cm³/mol. The Hall–Kier alpha value is -1.54. The number of amides is 1. The van der Waals surface area contributed by atoms with Crippen molar-refractivity contribution in [3.8, 4) is 5.88 Å². The molecule has 2 rings (SSSR count). The first kappa shape index (κ1) is 17.8. The second-order valence-corrected chi connectivity index (χ2v) is 6.61. The summed E-state index contributed by atoms with van der Waals surface area (Å²) in [5.41, 5.74) is -0.0613. The van der Waals surface area contributed by atoms with Crippen LogP contribution in [0.25, 0.3) is 0 Å². The number of aromatic amines is 1. The summed E-state index contributed by atoms with van der Waals surface area (Å²) in [5, 5.41) is 13.0. The summed E-state index contributed by atoms with van der Waals surface area (Å²) in [6.45, 7) is 5.05. The Balaban J connectivity index is 1.87. The quantitative estimate of drug-likeness (QED) is 0.511. The minimum absolute atomic E-state index is 0.0694. The number of ether oxygens (including phenoxy) is 1. The molecule has 0 radical (unpaired) electrons. The van der Waals surface area contributed by atoms with Crippen LogP contribution in [0.5, 0.6) is 5.88 Å². The van der Waals surface area contributed by atoms with Crippen molar-refractivity contribution in [3.63, 3.8) is 0 Å². The zero-order valence-electron chi connectivity index (χ0n) is 13.4. The lowest BCUT2D eigenvalue weighted by molar-refractivity contribution is -0.119. The van der Waals surface area contributed by atoms with E-state index in [2.05, 4.69) is 15.3 Å². The number of carbonyl (C=O) groups is 1. The molecular formula is C15H23N3O4S. The standard InChI is InChI=1S/C15H23N3O4S/c1-3-9(2)12-13(20)17-15(18-14(12)21)23-8-11(19)16-7-10-5-4-6-22-10/h9-10H,3-8H2,1-2H3,(H,16,19)(H2,17,18,20,21). The fraction of sp³-hybridized carbons (Fsp3) is 0.667. The highest BCUT2D eigenvalue weighted by atomic mass is 32.2. The summed E-state index contributed by atoms with van der Waals surface area (Å²) < 4.78 is 5.43. The van der Waals surface area contributed by atoms with E-state index in [0.29, 0.717) is 12.1 Å². The molecule has 7 nitrogen and oxygen atoms in total. The fourth-order valence-electron chi connectivity index (χ4n) is 2.38. The van der Waals surface area contributed by atoms with Gasteiger partial charge in [0.15, 0.2) is 5.16 Å². The molecule has 1 aromatic rings. The first-order valence-corrected chi connectivity index (χ1v) is 8.84. The molecule has 8 heteroatoms. The van der Waals surface area contributed by atoms with Gasteiger partial charge in [0, 0.05) is 13.2 Å². The normalized spacial score (nSPS) is 18.8. The summed E-state index contributed by atoms with van der Waals surface area (Å²) in [4.78, 5) is 30.4. The van der Waals surface area contributed by atoms with E-state index in [0.717, 1.165) is 37.6 Å². The predicted octanol–water partition coefficient (Wildman–Crippen LogP) is 1.38. The van der Waals surface area contributed by atoms with Crippen LogP contribution in [0.3, 0.4) is 0 Å². The molecular weight excluding hydrogens is 318 g/mol. The van der Waals surface area contributed by atoms with Crippen LogP contribution in [0.1, 0.15) is 44.6 Å². The summed E-state index contributed by atoms with van der Waals surface area (Å²) in [6, 6.07) is 0. The molecule has 2 atom stereocenters. The van der Waals surface area contributed by atoms with Crippen LogP contribution < -0.4 is 10.9 Å². The number of thioether (sulfide) groups is 1. The lowest BCUT2D eigenvalue weighted by atomic mass is 10.0. The van der Waals surface area contributed by atoms with Crippen molar-refractivity contribution in [2.75, 3.05) is 18.9 Å². The van der Waals surface area contributed by atoms with Gasteiger partial charge in [-0.05, 0) is 25.2 Å². The Labute approximate surface area is 139 Å². The Bertz CT molecular complexity index is 599. The van der Waals surface area contributed by atoms with Crippen molar-refractivity contribution in [2.24, 2.45) is 0 Å². The van der Waals surface area contributed by atoms with Crippen molar-refractivity contribution in [1.82, 2.24) is 15.3 Å². The highest BCUT2D eigenvalue weighted by molar-refractivity contribution is 7.99. The number of nitrogens with one attached hydrogen (secondary N) is 2. The number of H-pyrrole nitrogens is 1. The largest absolute Gasteiger partial charge is 0.493 e. The first-order chi connectivity index (χ1) is 11.0. The van der Waals surface area contributed by atoms with E-state index in [-0.39, 0.29) is 40.3 Å². The summed E-state index contributed by atoms with van der Waals surface area (Å²) in [5.74, 6) is -0.360. The molecule has 0 bridgehead atoms. The summed E-state index contributed by atoms with van der Waals surface area (Å²) >= 11 is 1.09. The van der Waals surface area contributed by atoms with E-state index in [4.69, 9.17) is 4.74 Å². The Morgan fingerprint density at radius 1 is 1.61 bits per heavy atom. The number of carbonyl (C=O) groups excluding carboxylic acids is 1. The number of aromatic hydroxyl groups is 1. The monoisotopic (exact) mass is 341 g/mol. The Kier molecular flexibility index (Phi) is 6.47. The third-order valence-electron chi connectivity index (χ3n) is 3.91. The van der Waals surface area contributed by atoms with E-state index in [9.17, 15) is 14.7 Å². The lowest BCUT2D eigenvalue weighted by Gasteiger charge is -2.11. The third-order valence-corrected chi connectivity index (χ3v) is 4.78. The maximum atomic E-state index is 12.0. The van der Waals surface area contributed by atoms with Gasteiger partial charge < -0.3 is 20.1 Å². The van der Waals surface area contributed by atoms with Crippen LogP contribution in [0, 0.1) is 0 Å². The highest BCUT2D eigenvalue weighted by Gasteiger charge is 2.18. The van der Waals surface area contributed by atoms with Crippen LogP contribution in [-0.4, -0.2) is 46.0 Å². The smallest absolute Gasteiger partial charge is 0.258 e. The molecule has 1 fully saturated rings. The van der Waals surface area contributed by atoms with Crippen LogP contribution in [0.4, 0.5) is 0 Å². The lowest BCUT2D eigenvalue weighted by Crippen LogP contribution is -2.33. The van der Waals surface area contributed by atoms with Crippen LogP contribution in [-0.2, 0) is 9.53 Å². The molecule has 2 unspecified atom stereocenters. The van der Waals surface area contributed by atoms with Crippen molar-refractivity contribution >= 4 is 17.7 Å². The summed E-state index contributed by atoms with van der Waals surface area (Å²) in [7, 11) is 0. The van der Waals surface area contributed by atoms with Crippen LogP contribution >= 0.6 is 11.8 Å². The molecule has 2 heterocycles. The SMILES string of the molecule is CCC(C)c1c(O)nc(SCC(=O)NCC2CCCO2)[nH]c1=O. The molecule has 3 N–H and O–H groups in total. The molecule has 128 valence electrons. The number of nitrogens with zero attached hydrogens (tertiary/aromatic N) is 1. The van der Waals surface area contributed by atoms with E-state index < -0.39 is 0 Å². The third kappa shape index (κ3) is 4.97. The zero-order chi connectivity index (χ0) is 16.8. The van der Waals surface area contributed by atoms with E-state index >= 15 is 0 Å². The van der Waals surface area contributed by atoms with Gasteiger partial charge in [0.05, 0.1) is 17.4 Å². The molecule has 1 aliphatic heterocycles. The van der Waals surface area contributed by atoms with Crippen LogP contribution in [0.15, 0.2) is 9.95 Å². The molecule has 1 aromatic heterocycles. The van der Waals surface area contributed by atoms with Crippen molar-refractivity contribution in [3.05, 3.63) is 15.9 Å². The van der Waals surface area contributed by atoms with E-state index in [1.165, 1.54) is 0 Å². The van der Waals surface area contributed by atoms with Gasteiger partial charge in [0.25, 0.3) is 5.56 Å². The Morgan fingerprint density at radius 2 is 2.39 bits per heavy atom. The van der Waals surface area contributed by atoms with Crippen molar-refractivity contribution in [2.45, 2.75) is 50.3 Å². The fourth-order valence-corrected chi connectivity index (χ4v) is 3.07. The highest BCUT2D eigenvalue weighted by Crippen LogP contribution is 2.24. The van der Waals surface area contributed by atoms with Gasteiger partial charge in [-0.15, -0.1) is 0 Å². The molecule has 0 aliphatic carbocycles. The molecule has 0 aromatic carbocycles. The van der Waals surface area contributed by atoms with Crippen molar-refractivity contribution < 1.29 is 14.6 Å². The average molecular weight is 341 g/mol. The van der Waals surface area contributed by atoms with E-state index in [1.807, 2.05) is 13.8 Å². The van der Waals surface area contributed by atoms with Gasteiger partial charge in [0.2, 0.25) is 11.8 Å². The van der Waals surface area contributed by atoms with E-state index in [1.54, 1.807) is 0 Å². The minimum Gasteiger partial charge on any atom is -0.493 e. The number of hydrogen-bond donors (Lipinski definition) is 3. The van der Waals surface area contributed by atoms with Gasteiger partial charge in [-0.2, -0.15) is 4.98 Å². The number of rotatable bonds is 7. The van der Waals surface area contributed by atoms with Crippen molar-refractivity contribution in [1.29, 1.82) is 0 Å². The average Bonchev–Trinajstić information content (AvgIpc) is 3.03. The number of aromatic nitrogens is 2. The summed E-state index contributed by atoms with van der Waals surface area (Å²) in [6.07, 6.45) is 2.83. The minimum atomic E-state index is -0.353. The molecule has 1 saturated heterocycles. The van der Waals surface area contributed by atoms with Gasteiger partial charge in [-0.25, -0.2) is 0 Å². The second kappa shape index (κ2) is 8.35. The first-order valence-electron chi connectivity index (χ1n) is 7.85. The molecule has 1 amide bonds. The van der Waals surface area contributed by atoms with Crippen LogP contribution in [0.2, 0.25) is 0 Å². The topological polar surface area (TPSA) is 104 Å². The maximum absolute atomic E-state index is 12.0. The molecule has 23 heavy (non-hydrogen) atoms. The number of hydrogen-bond acceptors (Lipinski definition) is 6. The van der Waals surface area contributed by atoms with Gasteiger partial charge in [-0.3, -0.25) is 9.59 Å².